The van der Waals surface area contributed by atoms with E-state index in [1.54, 1.807) is 12.1 Å². The van der Waals surface area contributed by atoms with Gasteiger partial charge in [-0.05, 0) is 28.3 Å². The molecule has 0 aliphatic carbocycles. The lowest BCUT2D eigenvalue weighted by Crippen LogP contribution is -2.17. The molecule has 0 aliphatic rings. The van der Waals surface area contributed by atoms with Crippen LogP contribution in [0.5, 0.6) is 0 Å². The molecule has 0 amide bonds. The predicted molar refractivity (Wildman–Crippen MR) is 104 cm³/mol. The zero-order valence-corrected chi connectivity index (χ0v) is 14.7. The molecule has 3 rings (SSSR count). The Labute approximate surface area is 146 Å². The average molecular weight is 352 g/mol. The molecule has 0 aliphatic heterocycles. The third kappa shape index (κ3) is 3.48. The third-order valence-electron chi connectivity index (χ3n) is 3.95. The molecule has 1 N–H and O–H groups in total. The normalized spacial score (nSPS) is 11.2. The van der Waals surface area contributed by atoms with E-state index in [1.807, 2.05) is 48.5 Å². The van der Waals surface area contributed by atoms with Crippen molar-refractivity contribution in [3.8, 4) is 0 Å². The molecule has 120 valence electrons. The molecule has 0 atom stereocenters. The first-order valence-electron chi connectivity index (χ1n) is 7.62. The number of carboxylic acids is 1. The van der Waals surface area contributed by atoms with Crippen molar-refractivity contribution in [2.45, 2.75) is 6.16 Å². The van der Waals surface area contributed by atoms with Gasteiger partial charge in [0.25, 0.3) is 0 Å². The van der Waals surface area contributed by atoms with Crippen LogP contribution in [-0.2, 0) is 18.0 Å². The quantitative estimate of drug-likeness (QED) is 0.705. The Morgan fingerprint density at radius 1 is 0.792 bits per heavy atom. The van der Waals surface area contributed by atoms with Crippen molar-refractivity contribution in [1.29, 1.82) is 0 Å². The number of carboxylic acid groups (broad SMARTS) is 1. The summed E-state index contributed by atoms with van der Waals surface area (Å²) in [4.78, 5) is 11.0. The molecule has 0 aromatic heterocycles. The second kappa shape index (κ2) is 7.12. The van der Waals surface area contributed by atoms with E-state index in [1.165, 1.54) is 10.6 Å². The van der Waals surface area contributed by atoms with Crippen LogP contribution in [0.25, 0.3) is 0 Å². The van der Waals surface area contributed by atoms with Crippen LogP contribution in [0.15, 0.2) is 84.9 Å². The zero-order chi connectivity index (χ0) is 17.0. The molecule has 0 saturated heterocycles. The summed E-state index contributed by atoms with van der Waals surface area (Å²) in [6.07, 6.45) is 0.732. The molecule has 0 unspecified atom stereocenters. The SMILES string of the molecule is O=C(O)c1ccc(CP(=S)(c2ccccc2)c2ccccc2)cc1. The summed E-state index contributed by atoms with van der Waals surface area (Å²) in [5.41, 5.74) is 1.36. The summed E-state index contributed by atoms with van der Waals surface area (Å²) in [6, 6.07) is 25.5. The lowest BCUT2D eigenvalue weighted by molar-refractivity contribution is 0.0697. The molecular weight excluding hydrogens is 335 g/mol. The van der Waals surface area contributed by atoms with Crippen molar-refractivity contribution in [2.24, 2.45) is 0 Å². The van der Waals surface area contributed by atoms with Gasteiger partial charge >= 0.3 is 5.97 Å². The number of aromatic carboxylic acids is 1. The van der Waals surface area contributed by atoms with Gasteiger partial charge in [-0.1, -0.05) is 84.6 Å². The lowest BCUT2D eigenvalue weighted by Gasteiger charge is -2.23. The highest BCUT2D eigenvalue weighted by Crippen LogP contribution is 2.47. The second-order valence-electron chi connectivity index (χ2n) is 5.57. The fourth-order valence-corrected chi connectivity index (χ4v) is 6.55. The van der Waals surface area contributed by atoms with Crippen LogP contribution in [0.4, 0.5) is 0 Å². The summed E-state index contributed by atoms with van der Waals surface area (Å²) in [7, 11) is 0. The van der Waals surface area contributed by atoms with Gasteiger partial charge in [0.2, 0.25) is 0 Å². The Balaban J connectivity index is 2.03. The van der Waals surface area contributed by atoms with Crippen molar-refractivity contribution in [1.82, 2.24) is 0 Å². The predicted octanol–water partition coefficient (Wildman–Crippen LogP) is 4.02. The van der Waals surface area contributed by atoms with Crippen LogP contribution in [-0.4, -0.2) is 11.1 Å². The minimum absolute atomic E-state index is 0.298. The first kappa shape index (κ1) is 16.6. The molecule has 0 spiro atoms. The monoisotopic (exact) mass is 352 g/mol. The van der Waals surface area contributed by atoms with Crippen LogP contribution in [0.1, 0.15) is 15.9 Å². The van der Waals surface area contributed by atoms with E-state index in [9.17, 15) is 4.79 Å². The highest BCUT2D eigenvalue weighted by molar-refractivity contribution is 8.21. The summed E-state index contributed by atoms with van der Waals surface area (Å²) in [6.45, 7) is 0. The molecule has 3 aromatic rings. The van der Waals surface area contributed by atoms with Gasteiger partial charge in [-0.2, -0.15) is 0 Å². The standard InChI is InChI=1S/C20H17O2PS/c21-20(22)17-13-11-16(12-14-17)15-23(24,18-7-3-1-4-8-18)19-9-5-2-6-10-19/h1-14H,15H2,(H,21,22). The van der Waals surface area contributed by atoms with E-state index < -0.39 is 12.0 Å². The van der Waals surface area contributed by atoms with Gasteiger partial charge in [0.05, 0.1) is 5.56 Å². The maximum atomic E-state index is 11.0. The molecule has 4 heteroatoms. The topological polar surface area (TPSA) is 37.3 Å². The maximum absolute atomic E-state index is 11.0. The summed E-state index contributed by atoms with van der Waals surface area (Å²) >= 11 is 6.20. The third-order valence-corrected chi connectivity index (χ3v) is 8.68. The van der Waals surface area contributed by atoms with Gasteiger partial charge in [0, 0.05) is 12.2 Å². The van der Waals surface area contributed by atoms with E-state index in [0.29, 0.717) is 5.56 Å². The largest absolute Gasteiger partial charge is 0.478 e. The molecule has 3 aromatic carbocycles. The Kier molecular flexibility index (Phi) is 4.94. The van der Waals surface area contributed by atoms with E-state index in [0.717, 1.165) is 11.7 Å². The Bertz CT molecular complexity index is 831. The highest BCUT2D eigenvalue weighted by atomic mass is 32.4. The van der Waals surface area contributed by atoms with Crippen LogP contribution in [0, 0.1) is 0 Å². The van der Waals surface area contributed by atoms with Crippen LogP contribution >= 0.6 is 6.04 Å². The van der Waals surface area contributed by atoms with Gasteiger partial charge in [0.15, 0.2) is 0 Å². The molecule has 2 nitrogen and oxygen atoms in total. The van der Waals surface area contributed by atoms with Crippen LogP contribution in [0.3, 0.4) is 0 Å². The van der Waals surface area contributed by atoms with Gasteiger partial charge in [-0.3, -0.25) is 0 Å². The average Bonchev–Trinajstić information content (AvgIpc) is 2.63. The van der Waals surface area contributed by atoms with Crippen molar-refractivity contribution >= 4 is 34.4 Å². The number of benzene rings is 3. The maximum Gasteiger partial charge on any atom is 0.335 e. The Hall–Kier alpha value is -2.22. The first-order valence-corrected chi connectivity index (χ1v) is 10.6. The zero-order valence-electron chi connectivity index (χ0n) is 13.0. The molecular formula is C20H17O2PS. The van der Waals surface area contributed by atoms with Gasteiger partial charge in [-0.25, -0.2) is 4.79 Å². The van der Waals surface area contributed by atoms with E-state index in [-0.39, 0.29) is 0 Å². The highest BCUT2D eigenvalue weighted by Gasteiger charge is 2.22. The number of carbonyl (C=O) groups is 1. The molecule has 0 bridgehead atoms. The van der Waals surface area contributed by atoms with Gasteiger partial charge < -0.3 is 5.11 Å². The minimum Gasteiger partial charge on any atom is -0.478 e. The molecule has 0 saturated carbocycles. The van der Waals surface area contributed by atoms with E-state index in [2.05, 4.69) is 24.3 Å². The molecule has 0 fully saturated rings. The first-order chi connectivity index (χ1) is 11.6. The molecule has 24 heavy (non-hydrogen) atoms. The smallest absolute Gasteiger partial charge is 0.335 e. The number of hydrogen-bond donors (Lipinski definition) is 1. The molecule has 0 radical (unpaired) electrons. The van der Waals surface area contributed by atoms with Gasteiger partial charge in [-0.15, -0.1) is 0 Å². The van der Waals surface area contributed by atoms with Crippen LogP contribution < -0.4 is 10.6 Å². The summed E-state index contributed by atoms with van der Waals surface area (Å²) in [5, 5.41) is 11.4. The minimum atomic E-state index is -2.00. The fraction of sp³-hybridized carbons (Fsp3) is 0.0500. The van der Waals surface area contributed by atoms with Crippen molar-refractivity contribution in [3.05, 3.63) is 96.1 Å². The Morgan fingerprint density at radius 2 is 1.25 bits per heavy atom. The van der Waals surface area contributed by atoms with Gasteiger partial charge in [0.1, 0.15) is 0 Å². The van der Waals surface area contributed by atoms with E-state index in [4.69, 9.17) is 16.9 Å². The van der Waals surface area contributed by atoms with Crippen LogP contribution in [0.2, 0.25) is 0 Å². The lowest BCUT2D eigenvalue weighted by atomic mass is 10.1. The molecule has 0 heterocycles. The summed E-state index contributed by atoms with van der Waals surface area (Å²) < 4.78 is 0. The number of rotatable bonds is 5. The Morgan fingerprint density at radius 3 is 1.67 bits per heavy atom. The van der Waals surface area contributed by atoms with Crippen molar-refractivity contribution < 1.29 is 9.90 Å². The number of hydrogen-bond acceptors (Lipinski definition) is 2. The second-order valence-corrected chi connectivity index (χ2v) is 10.3. The van der Waals surface area contributed by atoms with Crippen molar-refractivity contribution in [2.75, 3.05) is 0 Å². The summed E-state index contributed by atoms with van der Waals surface area (Å²) in [5.74, 6) is -0.910. The van der Waals surface area contributed by atoms with E-state index >= 15 is 0 Å². The fourth-order valence-electron chi connectivity index (χ4n) is 2.68. The van der Waals surface area contributed by atoms with Crippen molar-refractivity contribution in [3.63, 3.8) is 0 Å².